The predicted octanol–water partition coefficient (Wildman–Crippen LogP) is 4.08. The molecule has 1 fully saturated rings. The second-order valence-electron chi connectivity index (χ2n) is 8.35. The van der Waals surface area contributed by atoms with Crippen LogP contribution in [-0.2, 0) is 17.6 Å². The molecule has 34 heavy (non-hydrogen) atoms. The minimum atomic E-state index is 0.0382. The van der Waals surface area contributed by atoms with Crippen molar-refractivity contribution in [1.82, 2.24) is 19.9 Å². The van der Waals surface area contributed by atoms with Crippen LogP contribution in [0.5, 0.6) is 5.88 Å². The van der Waals surface area contributed by atoms with Crippen molar-refractivity contribution in [2.45, 2.75) is 52.7 Å². The second kappa shape index (κ2) is 10.8. The van der Waals surface area contributed by atoms with Crippen molar-refractivity contribution in [2.75, 3.05) is 37.0 Å². The third kappa shape index (κ3) is 4.97. The molecule has 2 atom stereocenters. The van der Waals surface area contributed by atoms with Crippen molar-refractivity contribution in [3.05, 3.63) is 53.6 Å². The Balaban J connectivity index is 1.65. The van der Waals surface area contributed by atoms with Gasteiger partial charge in [-0.3, -0.25) is 0 Å². The molecule has 0 aliphatic carbocycles. The van der Waals surface area contributed by atoms with Crippen molar-refractivity contribution in [3.8, 4) is 17.1 Å². The van der Waals surface area contributed by atoms with E-state index >= 15 is 0 Å². The SMILES string of the molecule is CCO[C@@H]1CN(c2ccccn2)C[C@H]1Nc1nc(CC)c(-c2ccc(OC)nc2C)nc1CC. The van der Waals surface area contributed by atoms with E-state index in [1.807, 2.05) is 50.4 Å². The highest BCUT2D eigenvalue weighted by Gasteiger charge is 2.35. The fourth-order valence-corrected chi connectivity index (χ4v) is 4.43. The lowest BCUT2D eigenvalue weighted by atomic mass is 10.1. The molecule has 180 valence electrons. The summed E-state index contributed by atoms with van der Waals surface area (Å²) in [6.07, 6.45) is 3.41. The average Bonchev–Trinajstić information content (AvgIpc) is 3.26. The van der Waals surface area contributed by atoms with Crippen molar-refractivity contribution < 1.29 is 9.47 Å². The Morgan fingerprint density at radius 1 is 1.00 bits per heavy atom. The summed E-state index contributed by atoms with van der Waals surface area (Å²) in [7, 11) is 1.63. The van der Waals surface area contributed by atoms with Crippen molar-refractivity contribution in [1.29, 1.82) is 0 Å². The Labute approximate surface area is 201 Å². The number of pyridine rings is 2. The average molecular weight is 463 g/mol. The monoisotopic (exact) mass is 462 g/mol. The van der Waals surface area contributed by atoms with Gasteiger partial charge in [-0.1, -0.05) is 19.9 Å². The maximum Gasteiger partial charge on any atom is 0.213 e. The van der Waals surface area contributed by atoms with Crippen molar-refractivity contribution in [2.24, 2.45) is 0 Å². The molecule has 1 saturated heterocycles. The quantitative estimate of drug-likeness (QED) is 0.509. The number of rotatable bonds is 9. The summed E-state index contributed by atoms with van der Waals surface area (Å²) < 4.78 is 11.4. The molecule has 1 aliphatic heterocycles. The highest BCUT2D eigenvalue weighted by atomic mass is 16.5. The molecule has 4 rings (SSSR count). The van der Waals surface area contributed by atoms with Crippen LogP contribution in [0, 0.1) is 6.92 Å². The Morgan fingerprint density at radius 2 is 1.82 bits per heavy atom. The number of nitrogens with zero attached hydrogens (tertiary/aromatic N) is 5. The maximum atomic E-state index is 6.10. The molecule has 4 heterocycles. The number of hydrogen-bond donors (Lipinski definition) is 1. The van der Waals surface area contributed by atoms with Crippen LogP contribution in [0.1, 0.15) is 37.9 Å². The zero-order valence-corrected chi connectivity index (χ0v) is 20.7. The zero-order valence-electron chi connectivity index (χ0n) is 20.7. The fraction of sp³-hybridized carbons (Fsp3) is 0.462. The first kappa shape index (κ1) is 23.9. The molecule has 1 aliphatic rings. The van der Waals surface area contributed by atoms with Gasteiger partial charge in [0, 0.05) is 37.5 Å². The van der Waals surface area contributed by atoms with Gasteiger partial charge in [0.2, 0.25) is 5.88 Å². The summed E-state index contributed by atoms with van der Waals surface area (Å²) in [4.78, 5) is 21.4. The van der Waals surface area contributed by atoms with Gasteiger partial charge in [0.25, 0.3) is 0 Å². The van der Waals surface area contributed by atoms with E-state index < -0.39 is 0 Å². The summed E-state index contributed by atoms with van der Waals surface area (Å²) in [5, 5.41) is 3.68. The molecule has 0 spiro atoms. The molecule has 8 nitrogen and oxygen atoms in total. The fourth-order valence-electron chi connectivity index (χ4n) is 4.43. The van der Waals surface area contributed by atoms with Gasteiger partial charge in [0.1, 0.15) is 11.6 Å². The highest BCUT2D eigenvalue weighted by molar-refractivity contribution is 5.66. The lowest BCUT2D eigenvalue weighted by Crippen LogP contribution is -2.35. The predicted molar refractivity (Wildman–Crippen MR) is 135 cm³/mol. The van der Waals surface area contributed by atoms with E-state index in [-0.39, 0.29) is 12.1 Å². The van der Waals surface area contributed by atoms with Gasteiger partial charge >= 0.3 is 0 Å². The minimum Gasteiger partial charge on any atom is -0.481 e. The van der Waals surface area contributed by atoms with E-state index in [0.29, 0.717) is 12.5 Å². The molecule has 0 saturated carbocycles. The number of anilines is 2. The highest BCUT2D eigenvalue weighted by Crippen LogP contribution is 2.29. The summed E-state index contributed by atoms with van der Waals surface area (Å²) in [6.45, 7) is 10.5. The molecule has 1 N–H and O–H groups in total. The molecule has 3 aromatic rings. The molecule has 0 bridgehead atoms. The summed E-state index contributed by atoms with van der Waals surface area (Å²) >= 11 is 0. The van der Waals surface area contributed by atoms with Gasteiger partial charge in [-0.2, -0.15) is 0 Å². The smallest absolute Gasteiger partial charge is 0.213 e. The molecule has 0 unspecified atom stereocenters. The van der Waals surface area contributed by atoms with Gasteiger partial charge < -0.3 is 19.7 Å². The van der Waals surface area contributed by atoms with Gasteiger partial charge in [0.05, 0.1) is 42.0 Å². The van der Waals surface area contributed by atoms with Gasteiger partial charge in [0.15, 0.2) is 0 Å². The van der Waals surface area contributed by atoms with Crippen LogP contribution in [0.25, 0.3) is 11.3 Å². The maximum absolute atomic E-state index is 6.10. The topological polar surface area (TPSA) is 85.3 Å². The van der Waals surface area contributed by atoms with Crippen LogP contribution < -0.4 is 15.0 Å². The lowest BCUT2D eigenvalue weighted by molar-refractivity contribution is 0.0719. The molecular formula is C26H34N6O2. The van der Waals surface area contributed by atoms with Gasteiger partial charge in [-0.25, -0.2) is 19.9 Å². The van der Waals surface area contributed by atoms with Crippen LogP contribution in [0.15, 0.2) is 36.5 Å². The number of methoxy groups -OCH3 is 1. The normalized spacial score (nSPS) is 17.7. The summed E-state index contributed by atoms with van der Waals surface area (Å²) in [6, 6.07) is 9.97. The van der Waals surface area contributed by atoms with Crippen LogP contribution in [0.3, 0.4) is 0 Å². The van der Waals surface area contributed by atoms with E-state index in [1.54, 1.807) is 7.11 Å². The Morgan fingerprint density at radius 3 is 2.47 bits per heavy atom. The third-order valence-electron chi connectivity index (χ3n) is 6.18. The number of aryl methyl sites for hydroxylation is 3. The molecule has 8 heteroatoms. The van der Waals surface area contributed by atoms with E-state index in [9.17, 15) is 0 Å². The largest absolute Gasteiger partial charge is 0.481 e. The molecule has 0 amide bonds. The zero-order chi connectivity index (χ0) is 24.1. The number of aromatic nitrogens is 4. The Bertz CT molecular complexity index is 1110. The number of nitrogens with one attached hydrogen (secondary N) is 1. The van der Waals surface area contributed by atoms with Gasteiger partial charge in [-0.05, 0) is 44.9 Å². The first-order chi connectivity index (χ1) is 16.6. The molecule has 0 aromatic carbocycles. The van der Waals surface area contributed by atoms with Crippen molar-refractivity contribution >= 4 is 11.6 Å². The first-order valence-corrected chi connectivity index (χ1v) is 12.0. The molecular weight excluding hydrogens is 428 g/mol. The van der Waals surface area contributed by atoms with E-state index in [2.05, 4.69) is 34.0 Å². The van der Waals surface area contributed by atoms with E-state index in [0.717, 1.165) is 65.9 Å². The number of ether oxygens (including phenoxy) is 2. The third-order valence-corrected chi connectivity index (χ3v) is 6.18. The van der Waals surface area contributed by atoms with Crippen molar-refractivity contribution in [3.63, 3.8) is 0 Å². The van der Waals surface area contributed by atoms with E-state index in [4.69, 9.17) is 19.4 Å². The minimum absolute atomic E-state index is 0.0382. The first-order valence-electron chi connectivity index (χ1n) is 12.0. The Kier molecular flexibility index (Phi) is 7.57. The van der Waals surface area contributed by atoms with E-state index in [1.165, 1.54) is 0 Å². The standard InChI is InChI=1S/C26H34N6O2/c1-6-19-25(18-12-13-24(33-5)28-17(18)4)29-20(7-2)26(30-19)31-21-15-32(16-22(21)34-8-3)23-11-9-10-14-27-23/h9-14,21-22H,6-8,15-16H2,1-5H3,(H,30,31)/t21-,22-/m1/s1. The van der Waals surface area contributed by atoms with Crippen LogP contribution in [-0.4, -0.2) is 58.9 Å². The van der Waals surface area contributed by atoms with Crippen LogP contribution >= 0.6 is 0 Å². The Hall–Kier alpha value is -3.26. The molecule has 0 radical (unpaired) electrons. The number of hydrogen-bond acceptors (Lipinski definition) is 8. The summed E-state index contributed by atoms with van der Waals surface area (Å²) in [5.74, 6) is 2.40. The van der Waals surface area contributed by atoms with Crippen LogP contribution in [0.2, 0.25) is 0 Å². The lowest BCUT2D eigenvalue weighted by Gasteiger charge is -2.22. The van der Waals surface area contributed by atoms with Gasteiger partial charge in [-0.15, -0.1) is 0 Å². The van der Waals surface area contributed by atoms with Crippen LogP contribution in [0.4, 0.5) is 11.6 Å². The second-order valence-corrected chi connectivity index (χ2v) is 8.35. The molecule has 3 aromatic heterocycles. The summed E-state index contributed by atoms with van der Waals surface area (Å²) in [5.41, 5.74) is 4.64.